The molecule has 0 unspecified atom stereocenters. The molecule has 8 N–H and O–H groups in total. The van der Waals surface area contributed by atoms with Crippen LogP contribution in [0.5, 0.6) is 0 Å². The monoisotopic (exact) mass is 328 g/mol. The van der Waals surface area contributed by atoms with Gasteiger partial charge in [-0.2, -0.15) is 0 Å². The van der Waals surface area contributed by atoms with Crippen molar-refractivity contribution in [1.82, 2.24) is 0 Å². The molecular formula is C16H16N4O2S. The zero-order valence-electron chi connectivity index (χ0n) is 12.7. The van der Waals surface area contributed by atoms with Gasteiger partial charge in [0.1, 0.15) is 0 Å². The number of hydrogen-bond donors (Lipinski definition) is 5. The summed E-state index contributed by atoms with van der Waals surface area (Å²) in [6.45, 7) is 3.41. The van der Waals surface area contributed by atoms with Crippen LogP contribution in [0, 0.1) is 13.8 Å². The standard InChI is InChI=1S/C16H16N4O2S/c1-4-3-6(17)7-8(11(4)18)15(22)10-9(14(7)21)12(19)5(2)16(23)13(10)20/h3,23H,17-20H2,1-2H3. The smallest absolute Gasteiger partial charge is 0.198 e. The Morgan fingerprint density at radius 1 is 0.783 bits per heavy atom. The molecule has 0 aliphatic heterocycles. The molecule has 3 rings (SSSR count). The van der Waals surface area contributed by atoms with Gasteiger partial charge in [0.2, 0.25) is 0 Å². The van der Waals surface area contributed by atoms with Crippen LogP contribution in [-0.2, 0) is 0 Å². The molecule has 2 aromatic rings. The molecule has 0 aromatic heterocycles. The predicted octanol–water partition coefficient (Wildman–Crippen LogP) is 1.70. The van der Waals surface area contributed by atoms with E-state index < -0.39 is 11.6 Å². The predicted molar refractivity (Wildman–Crippen MR) is 94.1 cm³/mol. The van der Waals surface area contributed by atoms with E-state index in [4.69, 9.17) is 22.9 Å². The first-order chi connectivity index (χ1) is 10.7. The quantitative estimate of drug-likeness (QED) is 0.314. The lowest BCUT2D eigenvalue weighted by atomic mass is 9.79. The highest BCUT2D eigenvalue weighted by atomic mass is 32.1. The number of rotatable bonds is 0. The van der Waals surface area contributed by atoms with Crippen LogP contribution in [0.4, 0.5) is 22.7 Å². The van der Waals surface area contributed by atoms with Gasteiger partial charge in [-0.25, -0.2) is 0 Å². The van der Waals surface area contributed by atoms with Gasteiger partial charge < -0.3 is 22.9 Å². The minimum absolute atomic E-state index is 0.0484. The van der Waals surface area contributed by atoms with Crippen LogP contribution in [-0.4, -0.2) is 11.6 Å². The van der Waals surface area contributed by atoms with E-state index in [-0.39, 0.29) is 45.0 Å². The summed E-state index contributed by atoms with van der Waals surface area (Å²) in [5, 5.41) is 0. The summed E-state index contributed by atoms with van der Waals surface area (Å²) in [5.41, 5.74) is 26.2. The molecule has 1 aliphatic carbocycles. The molecule has 118 valence electrons. The molecule has 2 aromatic carbocycles. The van der Waals surface area contributed by atoms with E-state index in [0.717, 1.165) is 0 Å². The Kier molecular flexibility index (Phi) is 3.09. The average Bonchev–Trinajstić information content (AvgIpc) is 2.49. The van der Waals surface area contributed by atoms with Crippen LogP contribution in [0.3, 0.4) is 0 Å². The number of benzene rings is 2. The third-order valence-electron chi connectivity index (χ3n) is 4.32. The van der Waals surface area contributed by atoms with E-state index in [2.05, 4.69) is 12.6 Å². The molecule has 0 radical (unpaired) electrons. The summed E-state index contributed by atoms with van der Waals surface area (Å²) >= 11 is 4.30. The fourth-order valence-electron chi connectivity index (χ4n) is 2.97. The number of anilines is 4. The molecule has 0 fully saturated rings. The normalized spacial score (nSPS) is 13.0. The summed E-state index contributed by atoms with van der Waals surface area (Å²) in [4.78, 5) is 26.3. The fraction of sp³-hybridized carbons (Fsp3) is 0.125. The Bertz CT molecular complexity index is 935. The van der Waals surface area contributed by atoms with E-state index in [0.29, 0.717) is 16.0 Å². The van der Waals surface area contributed by atoms with Crippen molar-refractivity contribution >= 4 is 46.9 Å². The molecule has 7 heteroatoms. The maximum absolute atomic E-state index is 13.0. The number of thiol groups is 1. The Balaban J connectivity index is 2.51. The van der Waals surface area contributed by atoms with Crippen LogP contribution in [0.1, 0.15) is 43.0 Å². The summed E-state index contributed by atoms with van der Waals surface area (Å²) in [5.74, 6) is -0.901. The number of aryl methyl sites for hydroxylation is 1. The van der Waals surface area contributed by atoms with Gasteiger partial charge in [-0.1, -0.05) is 0 Å². The zero-order chi connectivity index (χ0) is 17.2. The number of fused-ring (bicyclic) bond motifs is 2. The number of nitrogens with two attached hydrogens (primary N) is 4. The van der Waals surface area contributed by atoms with Crippen LogP contribution >= 0.6 is 12.6 Å². The van der Waals surface area contributed by atoms with Gasteiger partial charge in [0.25, 0.3) is 0 Å². The van der Waals surface area contributed by atoms with Gasteiger partial charge in [-0.3, -0.25) is 9.59 Å². The first-order valence-electron chi connectivity index (χ1n) is 6.86. The minimum atomic E-state index is -0.456. The maximum atomic E-state index is 13.0. The lowest BCUT2D eigenvalue weighted by Crippen LogP contribution is -2.27. The number of carbonyl (C=O) groups excluding carboxylic acids is 2. The molecule has 6 nitrogen and oxygen atoms in total. The maximum Gasteiger partial charge on any atom is 0.198 e. The minimum Gasteiger partial charge on any atom is -0.398 e. The van der Waals surface area contributed by atoms with Gasteiger partial charge in [-0.05, 0) is 31.0 Å². The lowest BCUT2D eigenvalue weighted by Gasteiger charge is -2.25. The molecule has 0 atom stereocenters. The summed E-state index contributed by atoms with van der Waals surface area (Å²) in [6, 6.07) is 1.57. The van der Waals surface area contributed by atoms with Crippen molar-refractivity contribution in [2.45, 2.75) is 18.7 Å². The first kappa shape index (κ1) is 15.2. The third kappa shape index (κ3) is 1.77. The third-order valence-corrected chi connectivity index (χ3v) is 4.89. The Labute approximate surface area is 138 Å². The molecule has 1 aliphatic rings. The van der Waals surface area contributed by atoms with E-state index in [1.54, 1.807) is 19.9 Å². The Morgan fingerprint density at radius 3 is 1.87 bits per heavy atom. The van der Waals surface area contributed by atoms with Crippen molar-refractivity contribution in [3.8, 4) is 0 Å². The molecular weight excluding hydrogens is 312 g/mol. The van der Waals surface area contributed by atoms with Gasteiger partial charge in [0.05, 0.1) is 27.9 Å². The first-order valence-corrected chi connectivity index (χ1v) is 7.31. The average molecular weight is 328 g/mol. The largest absolute Gasteiger partial charge is 0.398 e. The van der Waals surface area contributed by atoms with Gasteiger partial charge in [-0.15, -0.1) is 12.6 Å². The molecule has 0 saturated carbocycles. The molecule has 0 saturated heterocycles. The van der Waals surface area contributed by atoms with Crippen LogP contribution in [0.15, 0.2) is 11.0 Å². The van der Waals surface area contributed by atoms with E-state index >= 15 is 0 Å². The van der Waals surface area contributed by atoms with E-state index in [1.807, 2.05) is 0 Å². The van der Waals surface area contributed by atoms with Crippen molar-refractivity contribution in [3.05, 3.63) is 39.4 Å². The number of nitrogen functional groups attached to an aromatic ring is 4. The zero-order valence-corrected chi connectivity index (χ0v) is 13.5. The number of ketones is 2. The second-order valence-electron chi connectivity index (χ2n) is 5.66. The van der Waals surface area contributed by atoms with Crippen molar-refractivity contribution in [1.29, 1.82) is 0 Å². The van der Waals surface area contributed by atoms with Gasteiger partial charge in [0, 0.05) is 22.0 Å². The lowest BCUT2D eigenvalue weighted by molar-refractivity contribution is 0.0981. The molecule has 0 bridgehead atoms. The highest BCUT2D eigenvalue weighted by Crippen LogP contribution is 2.43. The molecule has 0 spiro atoms. The van der Waals surface area contributed by atoms with Crippen LogP contribution in [0.25, 0.3) is 0 Å². The van der Waals surface area contributed by atoms with E-state index in [9.17, 15) is 9.59 Å². The summed E-state index contributed by atoms with van der Waals surface area (Å²) in [7, 11) is 0. The van der Waals surface area contributed by atoms with Crippen LogP contribution in [0.2, 0.25) is 0 Å². The Morgan fingerprint density at radius 2 is 1.26 bits per heavy atom. The highest BCUT2D eigenvalue weighted by molar-refractivity contribution is 7.80. The van der Waals surface area contributed by atoms with E-state index in [1.165, 1.54) is 0 Å². The van der Waals surface area contributed by atoms with Crippen molar-refractivity contribution < 1.29 is 9.59 Å². The molecule has 23 heavy (non-hydrogen) atoms. The van der Waals surface area contributed by atoms with Crippen molar-refractivity contribution in [3.63, 3.8) is 0 Å². The topological polar surface area (TPSA) is 138 Å². The SMILES string of the molecule is Cc1cc(N)c2c(c1N)C(=O)c1c(N)c(S)c(C)c(N)c1C2=O. The summed E-state index contributed by atoms with van der Waals surface area (Å²) in [6.07, 6.45) is 0. The number of hydrogen-bond acceptors (Lipinski definition) is 7. The van der Waals surface area contributed by atoms with Crippen molar-refractivity contribution in [2.24, 2.45) is 0 Å². The number of carbonyl (C=O) groups is 2. The molecule has 0 amide bonds. The molecule has 0 heterocycles. The second-order valence-corrected chi connectivity index (χ2v) is 6.10. The highest BCUT2D eigenvalue weighted by Gasteiger charge is 2.38. The van der Waals surface area contributed by atoms with Gasteiger partial charge in [0.15, 0.2) is 11.6 Å². The van der Waals surface area contributed by atoms with Crippen molar-refractivity contribution in [2.75, 3.05) is 22.9 Å². The fourth-order valence-corrected chi connectivity index (χ4v) is 3.20. The summed E-state index contributed by atoms with van der Waals surface area (Å²) < 4.78 is 0. The Hall–Kier alpha value is -2.67. The van der Waals surface area contributed by atoms with Gasteiger partial charge >= 0.3 is 0 Å². The van der Waals surface area contributed by atoms with Crippen LogP contribution < -0.4 is 22.9 Å². The second kappa shape index (κ2) is 4.66.